The van der Waals surface area contributed by atoms with Crippen LogP contribution in [-0.4, -0.2) is 91.6 Å². The van der Waals surface area contributed by atoms with Crippen LogP contribution in [0.2, 0.25) is 0 Å². The van der Waals surface area contributed by atoms with Crippen LogP contribution in [0.5, 0.6) is 0 Å². The highest BCUT2D eigenvalue weighted by atomic mass is 32.1. The Morgan fingerprint density at radius 2 is 1.18 bits per heavy atom. The molecule has 3 aliphatic heterocycles. The fraction of sp³-hybridized carbons (Fsp3) is 0.289. The number of likely N-dealkylation sites (tertiary alicyclic amines) is 3. The molecule has 16 nitrogen and oxygen atoms in total. The van der Waals surface area contributed by atoms with E-state index in [-0.39, 0.29) is 35.5 Å². The van der Waals surface area contributed by atoms with E-state index >= 15 is 0 Å². The van der Waals surface area contributed by atoms with E-state index in [0.717, 1.165) is 33.9 Å². The van der Waals surface area contributed by atoms with Gasteiger partial charge < -0.3 is 30.7 Å². The van der Waals surface area contributed by atoms with E-state index in [4.69, 9.17) is 15.8 Å². The number of fused-ring (bicyclic) bond motifs is 2. The number of hydrogen-bond donors (Lipinski definition) is 3. The molecule has 0 radical (unpaired) electrons. The van der Waals surface area contributed by atoms with Crippen LogP contribution in [0.4, 0.5) is 16.8 Å². The van der Waals surface area contributed by atoms with Gasteiger partial charge in [0.25, 0.3) is 0 Å². The molecular weight excluding hydrogens is 803 g/mol. The molecule has 0 unspecified atom stereocenters. The molecule has 0 aliphatic carbocycles. The minimum Gasteiger partial charge on any atom is -0.310 e. The van der Waals surface area contributed by atoms with Gasteiger partial charge in [-0.2, -0.15) is 15.8 Å². The normalized spacial score (nSPS) is 17.7. The fourth-order valence-corrected chi connectivity index (χ4v) is 8.13. The third-order valence-corrected chi connectivity index (χ3v) is 11.6. The SMILES string of the molecule is N#CN1CC[C@H](C(=O)Nc2cc3ccccc3cn2)C1.N#CN1CC[C@H](C(=O)Nc2ccc3cccnc3n2)C1.N#CN1CC[C@H](C(=O)Nc2ncc(Cc3ccccc3)s2)C1. The van der Waals surface area contributed by atoms with E-state index in [1.165, 1.54) is 16.9 Å². The van der Waals surface area contributed by atoms with Crippen LogP contribution in [0.1, 0.15) is 29.7 Å². The molecule has 3 amide bonds. The van der Waals surface area contributed by atoms with E-state index in [2.05, 4.69) is 66.6 Å². The number of amides is 3. The number of thiazole rings is 1. The molecule has 3 N–H and O–H groups in total. The van der Waals surface area contributed by atoms with Gasteiger partial charge in [-0.05, 0) is 60.5 Å². The number of benzene rings is 2. The Balaban J connectivity index is 0.000000140. The molecule has 17 heteroatoms. The van der Waals surface area contributed by atoms with Gasteiger partial charge in [0.15, 0.2) is 29.4 Å². The molecule has 6 aromatic rings. The number of hydrogen-bond acceptors (Lipinski definition) is 14. The Morgan fingerprint density at radius 3 is 1.79 bits per heavy atom. The first-order valence-corrected chi connectivity index (χ1v) is 21.0. The number of carbonyl (C=O) groups excluding carboxylic acids is 3. The fourth-order valence-electron chi connectivity index (χ4n) is 7.28. The Kier molecular flexibility index (Phi) is 14.1. The molecular formula is C45H43N13O3S. The molecule has 62 heavy (non-hydrogen) atoms. The lowest BCUT2D eigenvalue weighted by atomic mass is 10.1. The van der Waals surface area contributed by atoms with Crippen LogP contribution >= 0.6 is 11.3 Å². The van der Waals surface area contributed by atoms with Crippen molar-refractivity contribution in [1.29, 1.82) is 15.8 Å². The van der Waals surface area contributed by atoms with E-state index in [1.807, 2.05) is 72.9 Å². The molecule has 0 saturated carbocycles. The number of nitrogens with zero attached hydrogens (tertiary/aromatic N) is 10. The average molecular weight is 846 g/mol. The van der Waals surface area contributed by atoms with Gasteiger partial charge in [-0.3, -0.25) is 14.4 Å². The summed E-state index contributed by atoms with van der Waals surface area (Å²) in [6, 6.07) is 27.3. The quantitative estimate of drug-likeness (QED) is 0.154. The lowest BCUT2D eigenvalue weighted by Gasteiger charge is -2.10. The number of nitriles is 3. The first kappa shape index (κ1) is 42.4. The number of rotatable bonds is 8. The highest BCUT2D eigenvalue weighted by Gasteiger charge is 2.30. The van der Waals surface area contributed by atoms with Crippen LogP contribution in [-0.2, 0) is 20.8 Å². The van der Waals surface area contributed by atoms with Gasteiger partial charge in [-0.25, -0.2) is 19.9 Å². The van der Waals surface area contributed by atoms with E-state index in [9.17, 15) is 14.4 Å². The van der Waals surface area contributed by atoms with Crippen LogP contribution in [0.25, 0.3) is 21.8 Å². The monoisotopic (exact) mass is 845 g/mol. The predicted octanol–water partition coefficient (Wildman–Crippen LogP) is 5.82. The summed E-state index contributed by atoms with van der Waals surface area (Å²) in [6.07, 6.45) is 14.4. The van der Waals surface area contributed by atoms with Gasteiger partial charge in [0, 0.05) is 79.9 Å². The van der Waals surface area contributed by atoms with Crippen LogP contribution < -0.4 is 16.0 Å². The van der Waals surface area contributed by atoms with Crippen molar-refractivity contribution in [2.45, 2.75) is 25.7 Å². The van der Waals surface area contributed by atoms with Gasteiger partial charge >= 0.3 is 0 Å². The highest BCUT2D eigenvalue weighted by Crippen LogP contribution is 2.24. The largest absolute Gasteiger partial charge is 0.310 e. The van der Waals surface area contributed by atoms with Crippen molar-refractivity contribution in [1.82, 2.24) is 34.6 Å². The van der Waals surface area contributed by atoms with E-state index in [1.54, 1.807) is 33.2 Å². The molecule has 0 spiro atoms. The molecule has 3 fully saturated rings. The number of aromatic nitrogens is 4. The zero-order valence-corrected chi connectivity index (χ0v) is 34.5. The first-order valence-electron chi connectivity index (χ1n) is 20.2. The Bertz CT molecular complexity index is 2530. The van der Waals surface area contributed by atoms with Gasteiger partial charge in [-0.1, -0.05) is 54.6 Å². The summed E-state index contributed by atoms with van der Waals surface area (Å²) < 4.78 is 0. The maximum absolute atomic E-state index is 12.2. The summed E-state index contributed by atoms with van der Waals surface area (Å²) in [5.74, 6) is 0.440. The summed E-state index contributed by atoms with van der Waals surface area (Å²) in [5.41, 5.74) is 1.83. The van der Waals surface area contributed by atoms with Crippen LogP contribution in [0, 0.1) is 52.1 Å². The third-order valence-electron chi connectivity index (χ3n) is 10.7. The van der Waals surface area contributed by atoms with E-state index < -0.39 is 0 Å². The van der Waals surface area contributed by atoms with Crippen molar-refractivity contribution in [3.05, 3.63) is 114 Å². The molecule has 3 atom stereocenters. The Morgan fingerprint density at radius 1 is 0.613 bits per heavy atom. The molecule has 9 rings (SSSR count). The summed E-state index contributed by atoms with van der Waals surface area (Å²) in [7, 11) is 0. The van der Waals surface area contributed by atoms with Crippen molar-refractivity contribution in [3.8, 4) is 18.6 Å². The second-order valence-electron chi connectivity index (χ2n) is 15.0. The van der Waals surface area contributed by atoms with Crippen molar-refractivity contribution in [3.63, 3.8) is 0 Å². The maximum atomic E-state index is 12.2. The second-order valence-corrected chi connectivity index (χ2v) is 16.1. The Labute approximate surface area is 362 Å². The summed E-state index contributed by atoms with van der Waals surface area (Å²) in [4.78, 5) is 59.3. The molecule has 0 bridgehead atoms. The van der Waals surface area contributed by atoms with Gasteiger partial charge in [0.05, 0.1) is 17.8 Å². The summed E-state index contributed by atoms with van der Waals surface area (Å²) in [6.45, 7) is 3.43. The first-order chi connectivity index (χ1) is 30.3. The molecule has 4 aromatic heterocycles. The number of nitrogens with one attached hydrogen (secondary N) is 3. The van der Waals surface area contributed by atoms with Gasteiger partial charge in [0.1, 0.15) is 11.6 Å². The predicted molar refractivity (Wildman–Crippen MR) is 234 cm³/mol. The Hall–Kier alpha value is -7.68. The van der Waals surface area contributed by atoms with Gasteiger partial charge in [0.2, 0.25) is 17.7 Å². The zero-order chi connectivity index (χ0) is 43.3. The van der Waals surface area contributed by atoms with Crippen molar-refractivity contribution >= 4 is 67.6 Å². The molecule has 312 valence electrons. The average Bonchev–Trinajstić information content (AvgIpc) is 4.16. The topological polar surface area (TPSA) is 220 Å². The van der Waals surface area contributed by atoms with Gasteiger partial charge in [-0.15, -0.1) is 11.3 Å². The molecule has 2 aromatic carbocycles. The minimum absolute atomic E-state index is 0.0432. The lowest BCUT2D eigenvalue weighted by molar-refractivity contribution is -0.120. The maximum Gasteiger partial charge on any atom is 0.231 e. The van der Waals surface area contributed by atoms with Crippen LogP contribution in [0.15, 0.2) is 104 Å². The van der Waals surface area contributed by atoms with E-state index in [0.29, 0.717) is 74.5 Å². The standard InChI is InChI=1S/C16H16N4OS.C15H14N4O.C14H13N5O/c17-11-20-7-6-13(10-20)15(21)19-16-18-9-14(22-16)8-12-4-2-1-3-5-12;16-10-19-6-5-13(9-19)15(20)18-14-7-11-3-1-2-4-12(11)8-17-14;15-9-19-7-5-11(8-19)14(20)18-12-4-3-10-2-1-6-16-13(10)17-12/h1-5,9,13H,6-8,10H2,(H,18,19,21);1-4,7-8,13H,5-6,9H2,(H,17,18,20);1-4,6,11H,5,7-8H2,(H,16,17,18,20)/t2*13-;11-/m000/s1. The molecule has 3 saturated heterocycles. The van der Waals surface area contributed by atoms with Crippen LogP contribution in [0.3, 0.4) is 0 Å². The summed E-state index contributed by atoms with van der Waals surface area (Å²) >= 11 is 1.50. The number of pyridine rings is 3. The van der Waals surface area contributed by atoms with Crippen molar-refractivity contribution < 1.29 is 14.4 Å². The number of carbonyl (C=O) groups is 3. The smallest absolute Gasteiger partial charge is 0.231 e. The van der Waals surface area contributed by atoms with Crippen molar-refractivity contribution in [2.24, 2.45) is 17.8 Å². The minimum atomic E-state index is -0.157. The summed E-state index contributed by atoms with van der Waals surface area (Å²) in [5, 5.41) is 38.6. The van der Waals surface area contributed by atoms with Crippen molar-refractivity contribution in [2.75, 3.05) is 55.2 Å². The molecule has 7 heterocycles. The zero-order valence-electron chi connectivity index (χ0n) is 33.7. The number of anilines is 3. The second kappa shape index (κ2) is 20.5. The lowest BCUT2D eigenvalue weighted by Crippen LogP contribution is -2.25. The highest BCUT2D eigenvalue weighted by molar-refractivity contribution is 7.15. The third kappa shape index (κ3) is 11.3. The molecule has 3 aliphatic rings.